The van der Waals surface area contributed by atoms with Gasteiger partial charge in [0, 0.05) is 5.69 Å². The third kappa shape index (κ3) is 6.75. The number of nitrogens with one attached hydrogen (secondary N) is 2. The van der Waals surface area contributed by atoms with Gasteiger partial charge in [0.15, 0.2) is 11.5 Å². The minimum Gasteiger partial charge on any atom is -0.497 e. The lowest BCUT2D eigenvalue weighted by Crippen LogP contribution is -2.25. The molecule has 0 saturated heterocycles. The number of amides is 1. The van der Waals surface area contributed by atoms with E-state index in [0.29, 0.717) is 18.1 Å². The van der Waals surface area contributed by atoms with Crippen molar-refractivity contribution >= 4 is 33.7 Å². The number of halogens is 1. The molecule has 0 aliphatic rings. The van der Waals surface area contributed by atoms with E-state index in [1.165, 1.54) is 0 Å². The van der Waals surface area contributed by atoms with Gasteiger partial charge in [-0.1, -0.05) is 30.3 Å². The fourth-order valence-electron chi connectivity index (χ4n) is 2.79. The monoisotopic (exact) mass is 497 g/mol. The summed E-state index contributed by atoms with van der Waals surface area (Å²) in [5.41, 5.74) is 5.10. The molecule has 0 spiro atoms. The Balaban J connectivity index is 1.55. The van der Waals surface area contributed by atoms with Crippen molar-refractivity contribution < 1.29 is 19.0 Å². The third-order valence-electron chi connectivity index (χ3n) is 4.42. The van der Waals surface area contributed by atoms with Gasteiger partial charge in [0.25, 0.3) is 5.91 Å². The molecule has 0 radical (unpaired) electrons. The number of hydrogen-bond donors (Lipinski definition) is 2. The van der Waals surface area contributed by atoms with Crippen LogP contribution in [0, 0.1) is 0 Å². The molecule has 0 atom stereocenters. The van der Waals surface area contributed by atoms with E-state index in [9.17, 15) is 4.79 Å². The highest BCUT2D eigenvalue weighted by atomic mass is 79.9. The van der Waals surface area contributed by atoms with Crippen molar-refractivity contribution in [3.8, 4) is 17.2 Å². The fourth-order valence-corrected chi connectivity index (χ4v) is 3.37. The molecule has 7 nitrogen and oxygen atoms in total. The number of nitrogens with zero attached hydrogens (tertiary/aromatic N) is 1. The van der Waals surface area contributed by atoms with Crippen LogP contribution in [0.15, 0.2) is 76.3 Å². The van der Waals surface area contributed by atoms with Crippen molar-refractivity contribution in [1.82, 2.24) is 5.43 Å². The van der Waals surface area contributed by atoms with Crippen LogP contribution >= 0.6 is 15.9 Å². The molecule has 8 heteroatoms. The maximum Gasteiger partial charge on any atom is 0.259 e. The zero-order chi connectivity index (χ0) is 22.8. The van der Waals surface area contributed by atoms with Gasteiger partial charge in [-0.15, -0.1) is 0 Å². The SMILES string of the molecule is COc1ccc(NCC(=O)N/N=C/c2cc(Br)c(OCc3ccccc3)c(OC)c2)cc1. The molecule has 3 aromatic rings. The van der Waals surface area contributed by atoms with Crippen molar-refractivity contribution in [2.24, 2.45) is 5.10 Å². The Morgan fingerprint density at radius 1 is 1.03 bits per heavy atom. The Hall–Kier alpha value is -3.52. The Kier molecular flexibility index (Phi) is 8.51. The second kappa shape index (κ2) is 11.8. The maximum atomic E-state index is 12.0. The molecule has 32 heavy (non-hydrogen) atoms. The van der Waals surface area contributed by atoms with Gasteiger partial charge in [0.2, 0.25) is 0 Å². The van der Waals surface area contributed by atoms with Gasteiger partial charge in [0.05, 0.1) is 31.5 Å². The standard InChI is InChI=1S/C24H24BrN3O4/c1-30-20-10-8-19(9-11-20)26-15-23(29)28-27-14-18-12-21(25)24(22(13-18)31-2)32-16-17-6-4-3-5-7-17/h3-14,26H,15-16H2,1-2H3,(H,28,29)/b27-14+. The molecule has 0 unspecified atom stereocenters. The molecular formula is C24H24BrN3O4. The first-order valence-corrected chi connectivity index (χ1v) is 10.6. The van der Waals surface area contributed by atoms with Gasteiger partial charge in [-0.3, -0.25) is 4.79 Å². The van der Waals surface area contributed by atoms with Crippen LogP contribution in [0.5, 0.6) is 17.2 Å². The van der Waals surface area contributed by atoms with Crippen LogP contribution in [0.1, 0.15) is 11.1 Å². The zero-order valence-corrected chi connectivity index (χ0v) is 19.4. The van der Waals surface area contributed by atoms with E-state index in [2.05, 4.69) is 31.8 Å². The molecule has 166 valence electrons. The first kappa shape index (κ1) is 23.1. The van der Waals surface area contributed by atoms with Crippen LogP contribution in [0.3, 0.4) is 0 Å². The number of ether oxygens (including phenoxy) is 3. The van der Waals surface area contributed by atoms with Crippen molar-refractivity contribution in [3.05, 3.63) is 82.3 Å². The van der Waals surface area contributed by atoms with E-state index < -0.39 is 0 Å². The molecule has 3 aromatic carbocycles. The summed E-state index contributed by atoms with van der Waals surface area (Å²) in [4.78, 5) is 12.0. The van der Waals surface area contributed by atoms with E-state index in [4.69, 9.17) is 14.2 Å². The number of carbonyl (C=O) groups excluding carboxylic acids is 1. The summed E-state index contributed by atoms with van der Waals surface area (Å²) < 4.78 is 17.2. The molecule has 0 heterocycles. The highest BCUT2D eigenvalue weighted by Crippen LogP contribution is 2.36. The number of hydrazone groups is 1. The lowest BCUT2D eigenvalue weighted by atomic mass is 10.2. The second-order valence-corrected chi connectivity index (χ2v) is 7.54. The van der Waals surface area contributed by atoms with Gasteiger partial charge < -0.3 is 19.5 Å². The van der Waals surface area contributed by atoms with Crippen LogP contribution in [0.2, 0.25) is 0 Å². The number of methoxy groups -OCH3 is 2. The topological polar surface area (TPSA) is 81.2 Å². The summed E-state index contributed by atoms with van der Waals surface area (Å²) in [6.45, 7) is 0.503. The van der Waals surface area contributed by atoms with Crippen LogP contribution in [-0.2, 0) is 11.4 Å². The highest BCUT2D eigenvalue weighted by Gasteiger charge is 2.11. The van der Waals surface area contributed by atoms with E-state index in [1.54, 1.807) is 26.5 Å². The van der Waals surface area contributed by atoms with E-state index >= 15 is 0 Å². The molecule has 0 fully saturated rings. The fraction of sp³-hybridized carbons (Fsp3) is 0.167. The van der Waals surface area contributed by atoms with Gasteiger partial charge in [0.1, 0.15) is 12.4 Å². The van der Waals surface area contributed by atoms with Crippen molar-refractivity contribution in [2.75, 3.05) is 26.1 Å². The molecule has 2 N–H and O–H groups in total. The van der Waals surface area contributed by atoms with Gasteiger partial charge in [-0.25, -0.2) is 5.43 Å². The number of anilines is 1. The summed E-state index contributed by atoms with van der Waals surface area (Å²) >= 11 is 3.52. The number of benzene rings is 3. The Morgan fingerprint density at radius 2 is 1.78 bits per heavy atom. The summed E-state index contributed by atoms with van der Waals surface area (Å²) in [5.74, 6) is 1.64. The summed E-state index contributed by atoms with van der Waals surface area (Å²) in [6, 6.07) is 20.8. The number of rotatable bonds is 10. The molecular weight excluding hydrogens is 474 g/mol. The number of carbonyl (C=O) groups is 1. The first-order chi connectivity index (χ1) is 15.6. The van der Waals surface area contributed by atoms with Gasteiger partial charge in [-0.05, 0) is 63.5 Å². The molecule has 1 amide bonds. The molecule has 0 aliphatic carbocycles. The van der Waals surface area contributed by atoms with Crippen LogP contribution in [0.4, 0.5) is 5.69 Å². The molecule has 3 rings (SSSR count). The molecule has 0 bridgehead atoms. The first-order valence-electron chi connectivity index (χ1n) is 9.83. The van der Waals surface area contributed by atoms with Crippen LogP contribution in [-0.4, -0.2) is 32.9 Å². The minimum atomic E-state index is -0.272. The molecule has 0 aromatic heterocycles. The van der Waals surface area contributed by atoms with Gasteiger partial charge in [-0.2, -0.15) is 5.10 Å². The third-order valence-corrected chi connectivity index (χ3v) is 5.01. The Labute approximate surface area is 195 Å². The summed E-state index contributed by atoms with van der Waals surface area (Å²) in [6.07, 6.45) is 1.54. The zero-order valence-electron chi connectivity index (χ0n) is 17.8. The maximum absolute atomic E-state index is 12.0. The van der Waals surface area contributed by atoms with E-state index in [-0.39, 0.29) is 12.5 Å². The lowest BCUT2D eigenvalue weighted by molar-refractivity contribution is -0.119. The Bertz CT molecular complexity index is 1060. The van der Waals surface area contributed by atoms with E-state index in [1.807, 2.05) is 60.7 Å². The highest BCUT2D eigenvalue weighted by molar-refractivity contribution is 9.10. The minimum absolute atomic E-state index is 0.0863. The lowest BCUT2D eigenvalue weighted by Gasteiger charge is -2.13. The predicted octanol–water partition coefficient (Wildman–Crippen LogP) is 4.61. The second-order valence-electron chi connectivity index (χ2n) is 6.68. The van der Waals surface area contributed by atoms with Gasteiger partial charge >= 0.3 is 0 Å². The van der Waals surface area contributed by atoms with Crippen molar-refractivity contribution in [2.45, 2.75) is 6.61 Å². The van der Waals surface area contributed by atoms with Crippen molar-refractivity contribution in [1.29, 1.82) is 0 Å². The average molecular weight is 498 g/mol. The molecule has 0 saturated carbocycles. The summed E-state index contributed by atoms with van der Waals surface area (Å²) in [5, 5.41) is 7.04. The van der Waals surface area contributed by atoms with E-state index in [0.717, 1.165) is 27.0 Å². The quantitative estimate of drug-likeness (QED) is 0.315. The van der Waals surface area contributed by atoms with Crippen LogP contribution in [0.25, 0.3) is 0 Å². The largest absolute Gasteiger partial charge is 0.497 e. The smallest absolute Gasteiger partial charge is 0.259 e. The average Bonchev–Trinajstić information content (AvgIpc) is 2.82. The van der Waals surface area contributed by atoms with Crippen molar-refractivity contribution in [3.63, 3.8) is 0 Å². The summed E-state index contributed by atoms with van der Waals surface area (Å²) in [7, 11) is 3.18. The number of hydrogen-bond acceptors (Lipinski definition) is 6. The normalized spacial score (nSPS) is 10.6. The predicted molar refractivity (Wildman–Crippen MR) is 129 cm³/mol. The molecule has 0 aliphatic heterocycles. The Morgan fingerprint density at radius 3 is 2.47 bits per heavy atom. The van der Waals surface area contributed by atoms with Crippen LogP contribution < -0.4 is 25.0 Å².